The van der Waals surface area contributed by atoms with E-state index in [1.54, 1.807) is 24.3 Å². The zero-order valence-corrected chi connectivity index (χ0v) is 38.2. The monoisotopic (exact) mass is 942 g/mol. The Morgan fingerprint density at radius 3 is 2.06 bits per heavy atom. The molecule has 20 heteroatoms. The quantitative estimate of drug-likeness (QED) is 0.0477. The van der Waals surface area contributed by atoms with Crippen molar-refractivity contribution in [2.45, 2.75) is 87.2 Å². The van der Waals surface area contributed by atoms with Gasteiger partial charge in [-0.25, -0.2) is 35.6 Å². The molecule has 0 saturated carbocycles. The number of carbonyl (C=O) groups is 3. The van der Waals surface area contributed by atoms with Crippen molar-refractivity contribution < 1.29 is 59.5 Å². The second kappa shape index (κ2) is 20.5. The number of rotatable bonds is 14. The van der Waals surface area contributed by atoms with E-state index in [1.165, 1.54) is 93.0 Å². The number of fused-ring (bicyclic) bond motifs is 1. The SMILES string of the molecule is CCCC[C@]1(CC)CS(=O)(=O)c2ccc([N+](C)(C)[O-])cc2[C@@H](c2cccc(NC(=O)N[C@@H]3O[C@H](CS(=O)(=O)[O-])[C@@H](F)[C@H](OC(=O)c4ccccc4)[C@H]3OC(=O)c3ccccc3)c2)[C@H]1O.[NH4+]. The van der Waals surface area contributed by atoms with E-state index in [4.69, 9.17) is 14.2 Å². The van der Waals surface area contributed by atoms with Gasteiger partial charge in [0.25, 0.3) is 0 Å². The summed E-state index contributed by atoms with van der Waals surface area (Å²) in [6.45, 7) is 3.78. The lowest BCUT2D eigenvalue weighted by molar-refractivity contribution is -0.203. The van der Waals surface area contributed by atoms with Crippen LogP contribution in [0.15, 0.2) is 108 Å². The molecule has 65 heavy (non-hydrogen) atoms. The molecule has 7 N–H and O–H groups in total. The van der Waals surface area contributed by atoms with E-state index < -0.39 is 96.5 Å². The van der Waals surface area contributed by atoms with Crippen LogP contribution in [0.4, 0.5) is 20.6 Å². The Morgan fingerprint density at radius 2 is 1.51 bits per heavy atom. The molecule has 4 aromatic rings. The van der Waals surface area contributed by atoms with Crippen molar-refractivity contribution in [2.75, 3.05) is 30.9 Å². The molecule has 1 saturated heterocycles. The summed E-state index contributed by atoms with van der Waals surface area (Å²) in [4.78, 5) is 40.6. The van der Waals surface area contributed by atoms with Crippen molar-refractivity contribution in [3.05, 3.63) is 131 Å². The number of urea groups is 1. The predicted octanol–water partition coefficient (Wildman–Crippen LogP) is 6.18. The van der Waals surface area contributed by atoms with Gasteiger partial charge in [0.05, 0.1) is 57.8 Å². The van der Waals surface area contributed by atoms with Crippen LogP contribution in [0.1, 0.15) is 77.3 Å². The normalized spacial score (nSPS) is 25.1. The molecule has 0 spiro atoms. The Bertz CT molecular complexity index is 2550. The molecule has 0 unspecified atom stereocenters. The van der Waals surface area contributed by atoms with Gasteiger partial charge in [-0.15, -0.1) is 0 Å². The average Bonchev–Trinajstić information content (AvgIpc) is 3.31. The van der Waals surface area contributed by atoms with E-state index in [9.17, 15) is 46.1 Å². The van der Waals surface area contributed by atoms with Crippen molar-refractivity contribution in [3.63, 3.8) is 0 Å². The van der Waals surface area contributed by atoms with Crippen LogP contribution in [0.5, 0.6) is 0 Å². The molecule has 0 bridgehead atoms. The first-order chi connectivity index (χ1) is 30.2. The van der Waals surface area contributed by atoms with Gasteiger partial charge in [0.2, 0.25) is 0 Å². The molecule has 2 aliphatic rings. The second-order valence-corrected chi connectivity index (χ2v) is 19.9. The number of halogens is 1. The zero-order chi connectivity index (χ0) is 46.6. The number of hydrogen-bond acceptors (Lipinski definition) is 13. The molecule has 0 radical (unpaired) electrons. The number of anilines is 1. The number of nitrogens with one attached hydrogen (secondary N) is 2. The van der Waals surface area contributed by atoms with Gasteiger partial charge in [-0.05, 0) is 66.4 Å². The third-order valence-electron chi connectivity index (χ3n) is 11.7. The molecule has 8 atom stereocenters. The Kier molecular flexibility index (Phi) is 16.0. The predicted molar refractivity (Wildman–Crippen MR) is 240 cm³/mol. The Hall–Kier alpha value is -5.32. The Morgan fingerprint density at radius 1 is 0.908 bits per heavy atom. The summed E-state index contributed by atoms with van der Waals surface area (Å²) in [5, 5.41) is 30.6. The van der Waals surface area contributed by atoms with Crippen LogP contribution in [0.25, 0.3) is 0 Å². The summed E-state index contributed by atoms with van der Waals surface area (Å²) in [6.07, 6.45) is -9.90. The first-order valence-corrected chi connectivity index (χ1v) is 23.9. The minimum absolute atomic E-state index is 0. The number of aliphatic hydroxyl groups excluding tert-OH is 1. The number of sulfone groups is 1. The highest BCUT2D eigenvalue weighted by molar-refractivity contribution is 7.91. The molecule has 17 nitrogen and oxygen atoms in total. The molecular formula is C45H55FN4O13S2. The van der Waals surface area contributed by atoms with E-state index in [0.717, 1.165) is 6.42 Å². The largest absolute Gasteiger partial charge is 0.748 e. The highest BCUT2D eigenvalue weighted by atomic mass is 32.2. The molecule has 0 aromatic heterocycles. The Balaban J connectivity index is 0.00000793. The van der Waals surface area contributed by atoms with Crippen molar-refractivity contribution in [1.29, 1.82) is 0 Å². The number of esters is 2. The fourth-order valence-electron chi connectivity index (χ4n) is 8.31. The van der Waals surface area contributed by atoms with Crippen LogP contribution < -0.4 is 21.4 Å². The van der Waals surface area contributed by atoms with Gasteiger partial charge >= 0.3 is 18.0 Å². The molecule has 6 rings (SSSR count). The van der Waals surface area contributed by atoms with Crippen LogP contribution in [-0.2, 0) is 34.2 Å². The number of nitrogens with zero attached hydrogens (tertiary/aromatic N) is 1. The molecule has 4 aromatic carbocycles. The number of alkyl halides is 1. The number of hydrogen-bond donors (Lipinski definition) is 4. The van der Waals surface area contributed by atoms with E-state index in [-0.39, 0.29) is 44.9 Å². The van der Waals surface area contributed by atoms with Crippen molar-refractivity contribution in [2.24, 2.45) is 5.41 Å². The van der Waals surface area contributed by atoms with Crippen molar-refractivity contribution in [1.82, 2.24) is 16.1 Å². The van der Waals surface area contributed by atoms with Gasteiger partial charge in [-0.1, -0.05) is 75.2 Å². The number of benzene rings is 4. The highest BCUT2D eigenvalue weighted by Crippen LogP contribution is 2.50. The smallest absolute Gasteiger partial charge is 0.338 e. The molecule has 2 aliphatic heterocycles. The fourth-order valence-corrected chi connectivity index (χ4v) is 11.2. The van der Waals surface area contributed by atoms with Gasteiger partial charge in [-0.2, -0.15) is 0 Å². The maximum Gasteiger partial charge on any atom is 0.338 e. The maximum atomic E-state index is 16.4. The van der Waals surface area contributed by atoms with Crippen LogP contribution in [0.3, 0.4) is 0 Å². The molecular weight excluding hydrogens is 888 g/mol. The molecule has 2 amide bonds. The first-order valence-electron chi connectivity index (χ1n) is 20.7. The molecule has 0 aliphatic carbocycles. The fraction of sp³-hybridized carbons (Fsp3) is 0.400. The summed E-state index contributed by atoms with van der Waals surface area (Å²) in [5.74, 6) is -4.95. The van der Waals surface area contributed by atoms with Gasteiger partial charge in [0, 0.05) is 29.2 Å². The van der Waals surface area contributed by atoms with Gasteiger partial charge < -0.3 is 50.5 Å². The molecule has 1 fully saturated rings. The summed E-state index contributed by atoms with van der Waals surface area (Å²) in [5.41, 5.74) is -0.258. The maximum absolute atomic E-state index is 16.4. The van der Waals surface area contributed by atoms with Gasteiger partial charge in [0.15, 0.2) is 34.4 Å². The van der Waals surface area contributed by atoms with E-state index in [0.29, 0.717) is 24.8 Å². The third-order valence-corrected chi connectivity index (χ3v) is 14.4. The second-order valence-electron chi connectivity index (χ2n) is 16.5. The van der Waals surface area contributed by atoms with Crippen LogP contribution in [0, 0.1) is 10.6 Å². The number of amides is 2. The minimum atomic E-state index is -5.19. The van der Waals surface area contributed by atoms with Crippen molar-refractivity contribution in [3.8, 4) is 0 Å². The highest BCUT2D eigenvalue weighted by Gasteiger charge is 2.53. The first kappa shape index (κ1) is 50.7. The van der Waals surface area contributed by atoms with Gasteiger partial charge in [-0.3, -0.25) is 0 Å². The third kappa shape index (κ3) is 11.7. The summed E-state index contributed by atoms with van der Waals surface area (Å²) in [7, 11) is -6.43. The van der Waals surface area contributed by atoms with E-state index >= 15 is 4.39 Å². The lowest BCUT2D eigenvalue weighted by atomic mass is 9.69. The van der Waals surface area contributed by atoms with Crippen LogP contribution in [0.2, 0.25) is 0 Å². The number of ether oxygens (including phenoxy) is 3. The van der Waals surface area contributed by atoms with Crippen LogP contribution in [-0.4, -0.2) is 107 Å². The number of hydroxylamine groups is 2. The van der Waals surface area contributed by atoms with E-state index in [1.807, 2.05) is 13.8 Å². The zero-order valence-electron chi connectivity index (χ0n) is 36.6. The van der Waals surface area contributed by atoms with Crippen LogP contribution >= 0.6 is 0 Å². The number of carbonyl (C=O) groups excluding carboxylic acids is 3. The molecule has 352 valence electrons. The number of aliphatic hydroxyl groups is 1. The minimum Gasteiger partial charge on any atom is -0.748 e. The summed E-state index contributed by atoms with van der Waals surface area (Å²) >= 11 is 0. The van der Waals surface area contributed by atoms with E-state index in [2.05, 4.69) is 10.6 Å². The summed E-state index contributed by atoms with van der Waals surface area (Å²) < 4.78 is 96.4. The lowest BCUT2D eigenvalue weighted by Crippen LogP contribution is -2.65. The summed E-state index contributed by atoms with van der Waals surface area (Å²) in [6, 6.07) is 24.2. The number of unbranched alkanes of at least 4 members (excludes halogenated alkanes) is 1. The van der Waals surface area contributed by atoms with Crippen molar-refractivity contribution >= 4 is 49.3 Å². The topological polar surface area (TPSA) is 274 Å². The Labute approximate surface area is 377 Å². The lowest BCUT2D eigenvalue weighted by Gasteiger charge is -2.42. The number of quaternary nitrogens is 2. The van der Waals surface area contributed by atoms with Gasteiger partial charge in [0.1, 0.15) is 11.8 Å². The molecule has 2 heterocycles. The standard InChI is InChI=1S/C45H52FN3O13S2.H3N/c1-5-7-23-45(6-2)27-63(55,56)35-22-21-32(49(3,4)54)25-33(35)36(40(45)50)30-19-14-20-31(24-30)47-44(53)48-41-39(62-43(52)29-17-12-9-13-18-29)38(37(46)34(60-41)26-64(57,58)59)61-42(51)28-15-10-8-11-16-28;/h8-22,24-25,34,36-41,50H,5-7,23,26-27H2,1-4H3,(H2,47,48,53)(H,57,58,59);1H3/t34-,36-,37-,38+,39-,40-,41-,45-;/m1./s1. The average molecular weight is 943 g/mol.